The molecule has 0 fully saturated rings. The lowest BCUT2D eigenvalue weighted by atomic mass is 10.2. The van der Waals surface area contributed by atoms with Gasteiger partial charge in [0.2, 0.25) is 5.91 Å². The number of sulfone groups is 1. The molecule has 1 aromatic heterocycles. The number of halogens is 1. The SMILES string of the molecule is CCCCN(Cc1ccccc1)C(=O)Cn1cc(S(=O)(=O)Cc2ccc(F)cc2)c2ccccc21. The summed E-state index contributed by atoms with van der Waals surface area (Å²) in [5.74, 6) is -0.721. The Labute approximate surface area is 205 Å². The fourth-order valence-corrected chi connectivity index (χ4v) is 5.74. The Morgan fingerprint density at radius 2 is 1.60 bits per heavy atom. The van der Waals surface area contributed by atoms with Crippen LogP contribution in [-0.4, -0.2) is 30.3 Å². The van der Waals surface area contributed by atoms with Crippen molar-refractivity contribution >= 4 is 26.6 Å². The van der Waals surface area contributed by atoms with Gasteiger partial charge in [-0.3, -0.25) is 4.79 Å². The third kappa shape index (κ3) is 5.98. The van der Waals surface area contributed by atoms with Crippen molar-refractivity contribution in [3.05, 3.63) is 102 Å². The number of amides is 1. The van der Waals surface area contributed by atoms with Crippen molar-refractivity contribution < 1.29 is 17.6 Å². The Hall–Kier alpha value is -3.45. The molecule has 0 aliphatic rings. The molecule has 3 aromatic carbocycles. The molecule has 0 radical (unpaired) electrons. The number of hydrogen-bond acceptors (Lipinski definition) is 3. The highest BCUT2D eigenvalue weighted by Gasteiger charge is 2.23. The second-order valence-electron chi connectivity index (χ2n) is 8.68. The van der Waals surface area contributed by atoms with E-state index in [9.17, 15) is 17.6 Å². The van der Waals surface area contributed by atoms with E-state index in [1.54, 1.807) is 22.9 Å². The van der Waals surface area contributed by atoms with Crippen LogP contribution in [0, 0.1) is 5.82 Å². The average molecular weight is 493 g/mol. The number of carbonyl (C=O) groups is 1. The molecule has 0 saturated heterocycles. The molecule has 35 heavy (non-hydrogen) atoms. The summed E-state index contributed by atoms with van der Waals surface area (Å²) in [7, 11) is -3.72. The topological polar surface area (TPSA) is 59.4 Å². The molecule has 0 aliphatic heterocycles. The highest BCUT2D eigenvalue weighted by Crippen LogP contribution is 2.28. The minimum absolute atomic E-state index is 0.0448. The zero-order valence-electron chi connectivity index (χ0n) is 19.7. The number of rotatable bonds is 10. The summed E-state index contributed by atoms with van der Waals surface area (Å²) < 4.78 is 41.6. The van der Waals surface area contributed by atoms with Gasteiger partial charge in [-0.25, -0.2) is 12.8 Å². The molecule has 0 unspecified atom stereocenters. The number of unbranched alkanes of at least 4 members (excludes halogenated alkanes) is 1. The Morgan fingerprint density at radius 1 is 0.914 bits per heavy atom. The van der Waals surface area contributed by atoms with E-state index < -0.39 is 15.7 Å². The van der Waals surface area contributed by atoms with Gasteiger partial charge in [0, 0.05) is 30.2 Å². The lowest BCUT2D eigenvalue weighted by Gasteiger charge is -2.23. The van der Waals surface area contributed by atoms with Crippen molar-refractivity contribution in [2.45, 2.75) is 43.5 Å². The molecule has 1 amide bonds. The average Bonchev–Trinajstić information content (AvgIpc) is 3.23. The van der Waals surface area contributed by atoms with Gasteiger partial charge in [-0.2, -0.15) is 0 Å². The summed E-state index contributed by atoms with van der Waals surface area (Å²) >= 11 is 0. The van der Waals surface area contributed by atoms with Gasteiger partial charge in [0.1, 0.15) is 12.4 Å². The van der Waals surface area contributed by atoms with E-state index in [4.69, 9.17) is 0 Å². The van der Waals surface area contributed by atoms with Crippen LogP contribution in [0.25, 0.3) is 10.9 Å². The Morgan fingerprint density at radius 3 is 2.31 bits per heavy atom. The zero-order chi connectivity index (χ0) is 24.8. The van der Waals surface area contributed by atoms with Gasteiger partial charge in [-0.15, -0.1) is 0 Å². The zero-order valence-corrected chi connectivity index (χ0v) is 20.5. The summed E-state index contributed by atoms with van der Waals surface area (Å²) in [6, 6.07) is 22.5. The number of nitrogens with zero attached hydrogens (tertiary/aromatic N) is 2. The Bertz CT molecular complexity index is 1400. The van der Waals surface area contributed by atoms with E-state index in [2.05, 4.69) is 6.92 Å². The van der Waals surface area contributed by atoms with Crippen molar-refractivity contribution in [2.75, 3.05) is 6.54 Å². The number of fused-ring (bicyclic) bond motifs is 1. The van der Waals surface area contributed by atoms with Crippen LogP contribution in [0.2, 0.25) is 0 Å². The largest absolute Gasteiger partial charge is 0.337 e. The summed E-state index contributed by atoms with van der Waals surface area (Å²) in [5.41, 5.74) is 2.25. The highest BCUT2D eigenvalue weighted by atomic mass is 32.2. The van der Waals surface area contributed by atoms with E-state index in [0.717, 1.165) is 18.4 Å². The van der Waals surface area contributed by atoms with Crippen LogP contribution in [0.3, 0.4) is 0 Å². The molecule has 0 saturated carbocycles. The molecular weight excluding hydrogens is 463 g/mol. The van der Waals surface area contributed by atoms with E-state index in [1.165, 1.54) is 24.3 Å². The molecule has 0 bridgehead atoms. The predicted molar refractivity (Wildman–Crippen MR) is 136 cm³/mol. The molecule has 0 atom stereocenters. The van der Waals surface area contributed by atoms with Crippen LogP contribution in [0.4, 0.5) is 4.39 Å². The lowest BCUT2D eigenvalue weighted by Crippen LogP contribution is -2.34. The van der Waals surface area contributed by atoms with Crippen LogP contribution < -0.4 is 0 Å². The third-order valence-corrected chi connectivity index (χ3v) is 7.72. The van der Waals surface area contributed by atoms with Crippen molar-refractivity contribution in [1.29, 1.82) is 0 Å². The summed E-state index contributed by atoms with van der Waals surface area (Å²) in [6.45, 7) is 3.28. The smallest absolute Gasteiger partial charge is 0.242 e. The van der Waals surface area contributed by atoms with E-state index in [-0.39, 0.29) is 23.1 Å². The molecule has 182 valence electrons. The third-order valence-electron chi connectivity index (χ3n) is 6.01. The Balaban J connectivity index is 1.62. The molecule has 5 nitrogen and oxygen atoms in total. The van der Waals surface area contributed by atoms with Gasteiger partial charge in [0.15, 0.2) is 9.84 Å². The van der Waals surface area contributed by atoms with E-state index >= 15 is 0 Å². The maximum atomic E-state index is 13.4. The van der Waals surface area contributed by atoms with E-state index in [0.29, 0.717) is 29.6 Å². The first kappa shape index (κ1) is 24.7. The van der Waals surface area contributed by atoms with Gasteiger partial charge in [0.25, 0.3) is 0 Å². The van der Waals surface area contributed by atoms with Gasteiger partial charge < -0.3 is 9.47 Å². The molecule has 4 aromatic rings. The first-order valence-corrected chi connectivity index (χ1v) is 13.4. The quantitative estimate of drug-likeness (QED) is 0.290. The summed E-state index contributed by atoms with van der Waals surface area (Å²) in [4.78, 5) is 15.4. The van der Waals surface area contributed by atoms with Crippen LogP contribution in [0.5, 0.6) is 0 Å². The second kappa shape index (κ2) is 10.9. The van der Waals surface area contributed by atoms with Crippen LogP contribution in [0.1, 0.15) is 30.9 Å². The molecule has 1 heterocycles. The fourth-order valence-electron chi connectivity index (χ4n) is 4.16. The van der Waals surface area contributed by atoms with Gasteiger partial charge in [-0.1, -0.05) is 74.0 Å². The van der Waals surface area contributed by atoms with Crippen LogP contribution in [-0.2, 0) is 33.5 Å². The molecular formula is C28H29FN2O3S. The predicted octanol–water partition coefficient (Wildman–Crippen LogP) is 5.58. The number of para-hydroxylation sites is 1. The van der Waals surface area contributed by atoms with Gasteiger partial charge in [0.05, 0.1) is 10.6 Å². The minimum Gasteiger partial charge on any atom is -0.337 e. The lowest BCUT2D eigenvalue weighted by molar-refractivity contribution is -0.132. The van der Waals surface area contributed by atoms with Gasteiger partial charge >= 0.3 is 0 Å². The number of carbonyl (C=O) groups excluding carboxylic acids is 1. The molecule has 7 heteroatoms. The number of benzene rings is 3. The molecule has 0 N–H and O–H groups in total. The standard InChI is InChI=1S/C28H29FN2O3S/c1-2-3-17-30(18-22-9-5-4-6-10-22)28(32)20-31-19-27(25-11-7-8-12-26(25)31)35(33,34)21-23-13-15-24(29)16-14-23/h4-16,19H,2-3,17-18,20-21H2,1H3. The molecule has 0 spiro atoms. The van der Waals surface area contributed by atoms with Crippen LogP contribution >= 0.6 is 0 Å². The van der Waals surface area contributed by atoms with Crippen molar-refractivity contribution in [1.82, 2.24) is 9.47 Å². The molecule has 0 aliphatic carbocycles. The first-order chi connectivity index (χ1) is 16.9. The van der Waals surface area contributed by atoms with Gasteiger partial charge in [-0.05, 0) is 35.7 Å². The highest BCUT2D eigenvalue weighted by molar-refractivity contribution is 7.90. The maximum absolute atomic E-state index is 13.4. The normalized spacial score (nSPS) is 11.6. The van der Waals surface area contributed by atoms with Crippen LogP contribution in [0.15, 0.2) is 90.0 Å². The monoisotopic (exact) mass is 492 g/mol. The summed E-state index contributed by atoms with van der Waals surface area (Å²) in [5, 5.41) is 0.575. The number of hydrogen-bond donors (Lipinski definition) is 0. The van der Waals surface area contributed by atoms with Crippen molar-refractivity contribution in [3.63, 3.8) is 0 Å². The minimum atomic E-state index is -3.72. The fraction of sp³-hybridized carbons (Fsp3) is 0.250. The maximum Gasteiger partial charge on any atom is 0.242 e. The molecule has 4 rings (SSSR count). The van der Waals surface area contributed by atoms with Crippen molar-refractivity contribution in [2.24, 2.45) is 0 Å². The second-order valence-corrected chi connectivity index (χ2v) is 10.6. The van der Waals surface area contributed by atoms with Crippen molar-refractivity contribution in [3.8, 4) is 0 Å². The summed E-state index contributed by atoms with van der Waals surface area (Å²) in [6.07, 6.45) is 3.42. The Kier molecular flexibility index (Phi) is 7.66. The van der Waals surface area contributed by atoms with E-state index in [1.807, 2.05) is 47.4 Å². The first-order valence-electron chi connectivity index (χ1n) is 11.7. The number of aromatic nitrogens is 1.